The summed E-state index contributed by atoms with van der Waals surface area (Å²) in [6.45, 7) is 0. The second-order valence-electron chi connectivity index (χ2n) is 3.88. The van der Waals surface area contributed by atoms with Crippen LogP contribution in [0.4, 0.5) is 0 Å². The molecule has 0 fully saturated rings. The summed E-state index contributed by atoms with van der Waals surface area (Å²) in [6, 6.07) is 18.9. The molecule has 0 amide bonds. The maximum Gasteiger partial charge on any atom is 0.120 e. The van der Waals surface area contributed by atoms with E-state index in [-0.39, 0.29) is 0 Å². The van der Waals surface area contributed by atoms with Crippen LogP contribution in [0.15, 0.2) is 54.6 Å². The van der Waals surface area contributed by atoms with Crippen LogP contribution < -0.4 is 4.74 Å². The highest BCUT2D eigenvalue weighted by molar-refractivity contribution is 7.22. The van der Waals surface area contributed by atoms with Gasteiger partial charge in [0.1, 0.15) is 5.75 Å². The molecule has 0 bridgehead atoms. The average Bonchev–Trinajstić information content (AvgIpc) is 2.93. The number of methoxy groups -OCH3 is 1. The van der Waals surface area contributed by atoms with Crippen molar-refractivity contribution >= 4 is 21.4 Å². The lowest BCUT2D eigenvalue weighted by molar-refractivity contribution is 0.399. The number of aliphatic hydroxyl groups is 1. The third-order valence-electron chi connectivity index (χ3n) is 2.79. The van der Waals surface area contributed by atoms with Gasteiger partial charge in [0, 0.05) is 16.7 Å². The van der Waals surface area contributed by atoms with Crippen LogP contribution in [-0.4, -0.2) is 19.3 Å². The van der Waals surface area contributed by atoms with Crippen molar-refractivity contribution in [2.24, 2.45) is 0 Å². The van der Waals surface area contributed by atoms with Gasteiger partial charge in [-0.25, -0.2) is 0 Å². The normalized spacial score (nSPS) is 9.84. The van der Waals surface area contributed by atoms with Crippen LogP contribution >= 0.6 is 11.3 Å². The van der Waals surface area contributed by atoms with Crippen molar-refractivity contribution in [3.63, 3.8) is 0 Å². The van der Waals surface area contributed by atoms with Gasteiger partial charge in [-0.2, -0.15) is 0 Å². The Bertz CT molecular complexity index is 644. The molecule has 2 nitrogen and oxygen atoms in total. The number of benzene rings is 2. The van der Waals surface area contributed by atoms with Gasteiger partial charge in [-0.15, -0.1) is 11.3 Å². The second kappa shape index (κ2) is 6.36. The monoisotopic (exact) mass is 272 g/mol. The van der Waals surface area contributed by atoms with Crippen LogP contribution in [0.1, 0.15) is 0 Å². The Morgan fingerprint density at radius 2 is 1.68 bits per heavy atom. The molecule has 1 aromatic heterocycles. The third kappa shape index (κ3) is 2.95. The molecule has 1 heterocycles. The molecule has 0 unspecified atom stereocenters. The van der Waals surface area contributed by atoms with Crippen molar-refractivity contribution in [3.8, 4) is 16.2 Å². The Balaban J connectivity index is 0.000000637. The van der Waals surface area contributed by atoms with Gasteiger partial charge in [-0.3, -0.25) is 0 Å². The van der Waals surface area contributed by atoms with Crippen LogP contribution in [-0.2, 0) is 0 Å². The van der Waals surface area contributed by atoms with Crippen molar-refractivity contribution < 1.29 is 9.84 Å². The fourth-order valence-electron chi connectivity index (χ4n) is 1.88. The van der Waals surface area contributed by atoms with Crippen molar-refractivity contribution in [2.75, 3.05) is 14.2 Å². The number of rotatable bonds is 2. The van der Waals surface area contributed by atoms with Gasteiger partial charge in [-0.05, 0) is 35.2 Å². The molecule has 0 aliphatic heterocycles. The first-order valence-corrected chi connectivity index (χ1v) is 6.76. The molecule has 0 saturated carbocycles. The maximum absolute atomic E-state index is 7.00. The molecule has 1 N–H and O–H groups in total. The summed E-state index contributed by atoms with van der Waals surface area (Å²) in [6.07, 6.45) is 0. The lowest BCUT2D eigenvalue weighted by atomic mass is 10.1. The highest BCUT2D eigenvalue weighted by atomic mass is 32.1. The summed E-state index contributed by atoms with van der Waals surface area (Å²) < 4.78 is 6.51. The zero-order valence-electron chi connectivity index (χ0n) is 11.0. The molecule has 3 rings (SSSR count). The minimum atomic E-state index is 0.916. The lowest BCUT2D eigenvalue weighted by Gasteiger charge is -1.97. The predicted octanol–water partition coefficient (Wildman–Crippen LogP) is 4.19. The zero-order chi connectivity index (χ0) is 13.7. The fourth-order valence-corrected chi connectivity index (χ4v) is 2.98. The summed E-state index contributed by atoms with van der Waals surface area (Å²) in [5.41, 5.74) is 1.27. The number of hydrogen-bond acceptors (Lipinski definition) is 3. The van der Waals surface area contributed by atoms with E-state index in [4.69, 9.17) is 9.84 Å². The predicted molar refractivity (Wildman–Crippen MR) is 82.0 cm³/mol. The number of aliphatic hydroxyl groups excluding tert-OH is 1. The van der Waals surface area contributed by atoms with E-state index in [9.17, 15) is 0 Å². The van der Waals surface area contributed by atoms with Crippen LogP contribution in [0.2, 0.25) is 0 Å². The Kier molecular flexibility index (Phi) is 4.55. The highest BCUT2D eigenvalue weighted by Crippen LogP contribution is 2.35. The minimum absolute atomic E-state index is 0.916. The van der Waals surface area contributed by atoms with Crippen LogP contribution in [0, 0.1) is 0 Å². The Hall–Kier alpha value is -1.84. The molecular weight excluding hydrogens is 256 g/mol. The summed E-state index contributed by atoms with van der Waals surface area (Å²) in [5.74, 6) is 0.916. The molecule has 0 spiro atoms. The quantitative estimate of drug-likeness (QED) is 0.758. The number of ether oxygens (including phenoxy) is 1. The first-order chi connectivity index (χ1) is 9.36. The van der Waals surface area contributed by atoms with Crippen molar-refractivity contribution in [2.45, 2.75) is 0 Å². The molecule has 3 aromatic rings. The average molecular weight is 272 g/mol. The van der Waals surface area contributed by atoms with Crippen LogP contribution in [0.5, 0.6) is 5.75 Å². The van der Waals surface area contributed by atoms with Gasteiger partial charge in [-0.1, -0.05) is 30.3 Å². The van der Waals surface area contributed by atoms with E-state index in [0.29, 0.717) is 0 Å². The fraction of sp³-hybridized carbons (Fsp3) is 0.125. The topological polar surface area (TPSA) is 29.5 Å². The summed E-state index contributed by atoms with van der Waals surface area (Å²) >= 11 is 1.80. The summed E-state index contributed by atoms with van der Waals surface area (Å²) in [5, 5.41) is 8.27. The Labute approximate surface area is 116 Å². The summed E-state index contributed by atoms with van der Waals surface area (Å²) in [7, 11) is 2.70. The smallest absolute Gasteiger partial charge is 0.120 e. The molecule has 0 aliphatic rings. The molecule has 0 aliphatic carbocycles. The minimum Gasteiger partial charge on any atom is -0.497 e. The first kappa shape index (κ1) is 13.6. The molecule has 2 aromatic carbocycles. The Morgan fingerprint density at radius 3 is 2.37 bits per heavy atom. The SMILES string of the molecule is CO.COc1ccc2cc(-c3ccccc3)sc2c1. The molecule has 3 heteroatoms. The molecule has 0 atom stereocenters. The zero-order valence-corrected chi connectivity index (χ0v) is 11.8. The Morgan fingerprint density at radius 1 is 0.947 bits per heavy atom. The molecule has 0 radical (unpaired) electrons. The number of fused-ring (bicyclic) bond motifs is 1. The van der Waals surface area contributed by atoms with Crippen molar-refractivity contribution in [1.82, 2.24) is 0 Å². The van der Waals surface area contributed by atoms with Gasteiger partial charge in [0.25, 0.3) is 0 Å². The third-order valence-corrected chi connectivity index (χ3v) is 3.93. The van der Waals surface area contributed by atoms with Crippen molar-refractivity contribution in [3.05, 3.63) is 54.6 Å². The van der Waals surface area contributed by atoms with Crippen LogP contribution in [0.3, 0.4) is 0 Å². The first-order valence-electron chi connectivity index (χ1n) is 5.94. The van der Waals surface area contributed by atoms with Gasteiger partial charge >= 0.3 is 0 Å². The van der Waals surface area contributed by atoms with Gasteiger partial charge in [0.05, 0.1) is 7.11 Å². The second-order valence-corrected chi connectivity index (χ2v) is 4.96. The van der Waals surface area contributed by atoms with Crippen molar-refractivity contribution in [1.29, 1.82) is 0 Å². The molecule has 0 saturated heterocycles. The van der Waals surface area contributed by atoms with Gasteiger partial charge < -0.3 is 9.84 Å². The maximum atomic E-state index is 7.00. The largest absolute Gasteiger partial charge is 0.497 e. The number of hydrogen-bond donors (Lipinski definition) is 1. The standard InChI is InChI=1S/C15H12OS.CH4O/c1-16-13-8-7-12-9-14(17-15(12)10-13)11-5-3-2-4-6-11;1-2/h2-10H,1H3;2H,1H3. The lowest BCUT2D eigenvalue weighted by Crippen LogP contribution is -1.79. The van der Waals surface area contributed by atoms with E-state index in [2.05, 4.69) is 42.5 Å². The molecular formula is C16H16O2S. The van der Waals surface area contributed by atoms with E-state index in [1.54, 1.807) is 18.4 Å². The molecule has 19 heavy (non-hydrogen) atoms. The van der Waals surface area contributed by atoms with E-state index in [1.807, 2.05) is 12.1 Å². The summed E-state index contributed by atoms with van der Waals surface area (Å²) in [4.78, 5) is 1.30. The van der Waals surface area contributed by atoms with E-state index in [0.717, 1.165) is 12.9 Å². The van der Waals surface area contributed by atoms with Crippen LogP contribution in [0.25, 0.3) is 20.5 Å². The van der Waals surface area contributed by atoms with Gasteiger partial charge in [0.15, 0.2) is 0 Å². The van der Waals surface area contributed by atoms with E-state index >= 15 is 0 Å². The van der Waals surface area contributed by atoms with Gasteiger partial charge in [0.2, 0.25) is 0 Å². The van der Waals surface area contributed by atoms with E-state index in [1.165, 1.54) is 20.5 Å². The molecule has 98 valence electrons. The highest BCUT2D eigenvalue weighted by Gasteiger charge is 2.04. The van der Waals surface area contributed by atoms with E-state index < -0.39 is 0 Å². The number of thiophene rings is 1.